The number of para-hydroxylation sites is 1. The number of fused-ring (bicyclic) bond motifs is 1. The van der Waals surface area contributed by atoms with Crippen molar-refractivity contribution in [2.24, 2.45) is 0 Å². The summed E-state index contributed by atoms with van der Waals surface area (Å²) < 4.78 is 0.500. The predicted octanol–water partition coefficient (Wildman–Crippen LogP) is 3.87. The lowest BCUT2D eigenvalue weighted by Gasteiger charge is -2.10. The second-order valence-corrected chi connectivity index (χ2v) is 5.94. The van der Waals surface area contributed by atoms with E-state index >= 15 is 0 Å². The summed E-state index contributed by atoms with van der Waals surface area (Å²) in [4.78, 5) is 23.9. The van der Waals surface area contributed by atoms with Crippen LogP contribution in [0.1, 0.15) is 25.5 Å². The van der Waals surface area contributed by atoms with E-state index in [1.54, 1.807) is 6.20 Å². The summed E-state index contributed by atoms with van der Waals surface area (Å²) in [5.41, 5.74) is 2.36. The predicted molar refractivity (Wildman–Crippen MR) is 87.4 cm³/mol. The van der Waals surface area contributed by atoms with Crippen LogP contribution in [0.4, 0.5) is 0 Å². The van der Waals surface area contributed by atoms with Gasteiger partial charge in [-0.3, -0.25) is 9.78 Å². The fraction of sp³-hybridized carbons (Fsp3) is 0.188. The number of halogens is 1. The number of aromatic amines is 1. The first kappa shape index (κ1) is 13.9. The minimum Gasteiger partial charge on any atom is -0.306 e. The Morgan fingerprint density at radius 3 is 2.71 bits per heavy atom. The van der Waals surface area contributed by atoms with Gasteiger partial charge in [-0.25, -0.2) is 4.98 Å². The van der Waals surface area contributed by atoms with E-state index < -0.39 is 0 Å². The van der Waals surface area contributed by atoms with E-state index in [0.29, 0.717) is 10.3 Å². The number of rotatable bonds is 2. The van der Waals surface area contributed by atoms with Crippen LogP contribution in [-0.4, -0.2) is 15.0 Å². The molecule has 0 saturated carbocycles. The summed E-state index contributed by atoms with van der Waals surface area (Å²) in [6.07, 6.45) is 1.73. The van der Waals surface area contributed by atoms with Gasteiger partial charge in [0.25, 0.3) is 5.56 Å². The minimum absolute atomic E-state index is 0.161. The highest BCUT2D eigenvalue weighted by Crippen LogP contribution is 2.26. The molecule has 1 N–H and O–H groups in total. The second kappa shape index (κ2) is 5.41. The summed E-state index contributed by atoms with van der Waals surface area (Å²) in [7, 11) is 0. The highest BCUT2D eigenvalue weighted by atomic mass is 79.9. The van der Waals surface area contributed by atoms with Crippen molar-refractivity contribution in [2.45, 2.75) is 19.8 Å². The van der Waals surface area contributed by atoms with E-state index in [0.717, 1.165) is 22.2 Å². The molecule has 0 aliphatic heterocycles. The van der Waals surface area contributed by atoms with Crippen LogP contribution in [-0.2, 0) is 0 Å². The van der Waals surface area contributed by atoms with Gasteiger partial charge in [0.15, 0.2) is 0 Å². The van der Waals surface area contributed by atoms with Crippen LogP contribution in [0.5, 0.6) is 0 Å². The van der Waals surface area contributed by atoms with Gasteiger partial charge in [0.05, 0.1) is 11.2 Å². The maximum Gasteiger partial charge on any atom is 0.265 e. The molecule has 1 aromatic carbocycles. The Morgan fingerprint density at radius 2 is 1.95 bits per heavy atom. The minimum atomic E-state index is -0.162. The van der Waals surface area contributed by atoms with Gasteiger partial charge < -0.3 is 4.98 Å². The summed E-state index contributed by atoms with van der Waals surface area (Å²) in [5.74, 6) is 0.735. The third-order valence-corrected chi connectivity index (χ3v) is 4.11. The van der Waals surface area contributed by atoms with E-state index in [4.69, 9.17) is 0 Å². The largest absolute Gasteiger partial charge is 0.306 e. The Labute approximate surface area is 130 Å². The van der Waals surface area contributed by atoms with Gasteiger partial charge in [-0.1, -0.05) is 32.0 Å². The Balaban J connectivity index is 2.31. The highest BCUT2D eigenvalue weighted by molar-refractivity contribution is 9.10. The maximum absolute atomic E-state index is 12.1. The van der Waals surface area contributed by atoms with Crippen LogP contribution in [0.25, 0.3) is 22.3 Å². The van der Waals surface area contributed by atoms with Crippen molar-refractivity contribution in [3.05, 3.63) is 57.0 Å². The first-order valence-electron chi connectivity index (χ1n) is 6.71. The van der Waals surface area contributed by atoms with Crippen LogP contribution in [0.2, 0.25) is 0 Å². The van der Waals surface area contributed by atoms with Crippen molar-refractivity contribution >= 4 is 26.8 Å². The molecule has 0 fully saturated rings. The van der Waals surface area contributed by atoms with Gasteiger partial charge in [-0.2, -0.15) is 0 Å². The van der Waals surface area contributed by atoms with Gasteiger partial charge in [0, 0.05) is 17.1 Å². The van der Waals surface area contributed by atoms with Crippen LogP contribution in [0.3, 0.4) is 0 Å². The van der Waals surface area contributed by atoms with Crippen molar-refractivity contribution in [1.29, 1.82) is 0 Å². The zero-order valence-electron chi connectivity index (χ0n) is 11.7. The molecule has 0 atom stereocenters. The molecular formula is C16H14BrN3O. The van der Waals surface area contributed by atoms with Crippen LogP contribution in [0.15, 0.2) is 45.8 Å². The molecule has 21 heavy (non-hydrogen) atoms. The van der Waals surface area contributed by atoms with E-state index in [1.165, 1.54) is 0 Å². The number of nitrogens with zero attached hydrogens (tertiary/aromatic N) is 2. The summed E-state index contributed by atoms with van der Waals surface area (Å²) in [6, 6.07) is 9.69. The summed E-state index contributed by atoms with van der Waals surface area (Å²) in [6.45, 7) is 4.03. The average Bonchev–Trinajstić information content (AvgIpc) is 2.49. The molecule has 4 nitrogen and oxygen atoms in total. The highest BCUT2D eigenvalue weighted by Gasteiger charge is 2.14. The standard InChI is InChI=1S/C16H14BrN3O/c1-9(2)14-13(17)16(21)20-15(19-14)11-7-8-18-12-6-4-3-5-10(11)12/h3-9H,1-2H3,(H,19,20,21). The van der Waals surface area contributed by atoms with Gasteiger partial charge in [0.1, 0.15) is 10.3 Å². The molecule has 0 aliphatic rings. The van der Waals surface area contributed by atoms with Crippen molar-refractivity contribution in [2.75, 3.05) is 0 Å². The average molecular weight is 344 g/mol. The number of benzene rings is 1. The Bertz CT molecular complexity index is 866. The topological polar surface area (TPSA) is 58.6 Å². The fourth-order valence-corrected chi connectivity index (χ4v) is 2.93. The Hall–Kier alpha value is -2.01. The molecule has 0 saturated heterocycles. The molecule has 0 amide bonds. The zero-order chi connectivity index (χ0) is 15.0. The molecule has 0 radical (unpaired) electrons. The SMILES string of the molecule is CC(C)c1nc(-c2ccnc3ccccc23)[nH]c(=O)c1Br. The summed E-state index contributed by atoms with van der Waals surface area (Å²) >= 11 is 3.32. The number of aromatic nitrogens is 3. The first-order chi connectivity index (χ1) is 10.1. The van der Waals surface area contributed by atoms with Crippen molar-refractivity contribution in [3.8, 4) is 11.4 Å². The van der Waals surface area contributed by atoms with E-state index in [-0.39, 0.29) is 11.5 Å². The normalized spacial score (nSPS) is 11.2. The van der Waals surface area contributed by atoms with E-state index in [1.807, 2.05) is 44.2 Å². The number of nitrogens with one attached hydrogen (secondary N) is 1. The molecular weight excluding hydrogens is 330 g/mol. The number of hydrogen-bond acceptors (Lipinski definition) is 3. The Kier molecular flexibility index (Phi) is 3.59. The third-order valence-electron chi connectivity index (χ3n) is 3.34. The molecule has 0 aliphatic carbocycles. The molecule has 106 valence electrons. The number of H-pyrrole nitrogens is 1. The van der Waals surface area contributed by atoms with Crippen LogP contribution >= 0.6 is 15.9 Å². The van der Waals surface area contributed by atoms with Gasteiger partial charge >= 0.3 is 0 Å². The van der Waals surface area contributed by atoms with Crippen molar-refractivity contribution < 1.29 is 0 Å². The smallest absolute Gasteiger partial charge is 0.265 e. The van der Waals surface area contributed by atoms with Crippen molar-refractivity contribution in [1.82, 2.24) is 15.0 Å². The molecule has 3 aromatic rings. The quantitative estimate of drug-likeness (QED) is 0.768. The van der Waals surface area contributed by atoms with E-state index in [2.05, 4.69) is 30.9 Å². The molecule has 3 rings (SSSR count). The monoisotopic (exact) mass is 343 g/mol. The zero-order valence-corrected chi connectivity index (χ0v) is 13.3. The fourth-order valence-electron chi connectivity index (χ4n) is 2.29. The summed E-state index contributed by atoms with van der Waals surface area (Å²) in [5, 5.41) is 0.972. The van der Waals surface area contributed by atoms with Gasteiger partial charge in [-0.15, -0.1) is 0 Å². The molecule has 0 spiro atoms. The first-order valence-corrected chi connectivity index (χ1v) is 7.51. The molecule has 5 heteroatoms. The van der Waals surface area contributed by atoms with Crippen LogP contribution < -0.4 is 5.56 Å². The lowest BCUT2D eigenvalue weighted by molar-refractivity contribution is 0.804. The molecule has 0 unspecified atom stereocenters. The van der Waals surface area contributed by atoms with Gasteiger partial charge in [-0.05, 0) is 34.0 Å². The number of pyridine rings is 1. The van der Waals surface area contributed by atoms with E-state index in [9.17, 15) is 4.79 Å². The molecule has 0 bridgehead atoms. The lowest BCUT2D eigenvalue weighted by Crippen LogP contribution is -2.14. The van der Waals surface area contributed by atoms with Crippen molar-refractivity contribution in [3.63, 3.8) is 0 Å². The van der Waals surface area contributed by atoms with Crippen LogP contribution in [0, 0.1) is 0 Å². The molecule has 2 aromatic heterocycles. The third kappa shape index (κ3) is 2.49. The van der Waals surface area contributed by atoms with Gasteiger partial charge in [0.2, 0.25) is 0 Å². The molecule has 2 heterocycles. The second-order valence-electron chi connectivity index (χ2n) is 5.14. The maximum atomic E-state index is 12.1. The number of hydrogen-bond donors (Lipinski definition) is 1. The lowest BCUT2D eigenvalue weighted by atomic mass is 10.1. The Morgan fingerprint density at radius 1 is 1.19 bits per heavy atom.